The highest BCUT2D eigenvalue weighted by Gasteiger charge is 2.23. The molecule has 1 aliphatic carbocycles. The fraction of sp³-hybridized carbons (Fsp3) is 0.385. The van der Waals surface area contributed by atoms with Crippen LogP contribution in [0.4, 0.5) is 10.2 Å². The number of benzene rings is 1. The van der Waals surface area contributed by atoms with Gasteiger partial charge in [0.2, 0.25) is 0 Å². The maximum absolute atomic E-state index is 14.7. The van der Waals surface area contributed by atoms with Gasteiger partial charge in [0.15, 0.2) is 0 Å². The van der Waals surface area contributed by atoms with E-state index < -0.39 is 5.82 Å². The quantitative estimate of drug-likeness (QED) is 0.537. The van der Waals surface area contributed by atoms with Gasteiger partial charge in [-0.05, 0) is 55.8 Å². The van der Waals surface area contributed by atoms with E-state index in [9.17, 15) is 9.18 Å². The molecule has 6 rings (SSSR count). The van der Waals surface area contributed by atoms with Crippen molar-refractivity contribution in [1.82, 2.24) is 14.5 Å². The summed E-state index contributed by atoms with van der Waals surface area (Å²) in [6.45, 7) is 3.18. The van der Waals surface area contributed by atoms with Crippen molar-refractivity contribution < 1.29 is 9.13 Å². The fourth-order valence-electron chi connectivity index (χ4n) is 4.34. The Kier molecular flexibility index (Phi) is 7.29. The van der Waals surface area contributed by atoms with Gasteiger partial charge in [0.1, 0.15) is 28.7 Å². The van der Waals surface area contributed by atoms with Crippen LogP contribution in [0, 0.1) is 5.82 Å². The molecule has 2 fully saturated rings. The number of anilines is 1. The third-order valence-corrected chi connectivity index (χ3v) is 6.59. The Morgan fingerprint density at radius 1 is 1.17 bits per heavy atom. The molecule has 0 bridgehead atoms. The molecule has 36 heavy (non-hydrogen) atoms. The molecule has 0 amide bonds. The van der Waals surface area contributed by atoms with Crippen LogP contribution in [0.15, 0.2) is 46.3 Å². The number of allylic oxidation sites excluding steroid dienone is 1. The number of aryl methyl sites for hydroxylation is 1. The Labute approximate surface area is 213 Å². The van der Waals surface area contributed by atoms with Crippen LogP contribution in [0.5, 0.6) is 0 Å². The van der Waals surface area contributed by atoms with Crippen LogP contribution in [0.25, 0.3) is 22.2 Å². The maximum Gasteiger partial charge on any atom is 0.261 e. The Morgan fingerprint density at radius 3 is 2.69 bits per heavy atom. The lowest BCUT2D eigenvalue weighted by molar-refractivity contribution is 0.122. The van der Waals surface area contributed by atoms with Crippen LogP contribution in [-0.4, -0.2) is 53.1 Å². The standard InChI is InChI=1S/C20H18ClFN4O2.C6H10N2/c21-12-3-4-13(15(22)10-12)18-19-14(20(27)26-5-1-2-16(26)23-19)11-17(24-18)25-6-8-28-9-7-25;7-4-1-5-8-6-2-3-6/h3-4,10-11H,1-2,5-9H2;1,4-6H,2-3,7H2/b;4-1-,8-5?. The van der Waals surface area contributed by atoms with Crippen molar-refractivity contribution in [3.05, 3.63) is 63.6 Å². The average Bonchev–Trinajstić information content (AvgIpc) is 3.59. The molecular weight excluding hydrogens is 483 g/mol. The molecule has 8 nitrogen and oxygen atoms in total. The van der Waals surface area contributed by atoms with Crippen LogP contribution in [0.2, 0.25) is 5.02 Å². The second-order valence-electron chi connectivity index (χ2n) is 8.95. The van der Waals surface area contributed by atoms with Gasteiger partial charge in [-0.2, -0.15) is 0 Å². The molecule has 1 saturated carbocycles. The molecule has 2 aromatic heterocycles. The van der Waals surface area contributed by atoms with Gasteiger partial charge in [0.25, 0.3) is 5.56 Å². The average molecular weight is 511 g/mol. The molecule has 1 aromatic carbocycles. The summed E-state index contributed by atoms with van der Waals surface area (Å²) < 4.78 is 21.9. The number of aromatic nitrogens is 3. The monoisotopic (exact) mass is 510 g/mol. The highest BCUT2D eigenvalue weighted by atomic mass is 35.5. The molecule has 0 atom stereocenters. The van der Waals surface area contributed by atoms with E-state index in [1.165, 1.54) is 25.1 Å². The van der Waals surface area contributed by atoms with E-state index in [-0.39, 0.29) is 5.56 Å². The summed E-state index contributed by atoms with van der Waals surface area (Å²) in [5.41, 5.74) is 6.08. The summed E-state index contributed by atoms with van der Waals surface area (Å²) in [5, 5.41) is 0.773. The Morgan fingerprint density at radius 2 is 1.97 bits per heavy atom. The van der Waals surface area contributed by atoms with E-state index in [2.05, 4.69) is 9.89 Å². The smallest absolute Gasteiger partial charge is 0.261 e. The number of hydrogen-bond acceptors (Lipinski definition) is 7. The second kappa shape index (κ2) is 10.8. The summed E-state index contributed by atoms with van der Waals surface area (Å²) in [6, 6.07) is 6.86. The number of aliphatic imine (C=N–C) groups is 1. The number of pyridine rings is 1. The maximum atomic E-state index is 14.7. The second-order valence-corrected chi connectivity index (χ2v) is 9.39. The molecule has 4 heterocycles. The number of hydrogen-bond donors (Lipinski definition) is 1. The van der Waals surface area contributed by atoms with Crippen molar-refractivity contribution in [3.63, 3.8) is 0 Å². The SMILES string of the molecule is N/C=C\C=NC1CC1.O=c1c2cc(N3CCOCC3)nc(-c3ccc(Cl)cc3F)c2nc2n1CCC2. The van der Waals surface area contributed by atoms with Crippen molar-refractivity contribution in [2.24, 2.45) is 10.7 Å². The van der Waals surface area contributed by atoms with Gasteiger partial charge in [0, 0.05) is 42.9 Å². The lowest BCUT2D eigenvalue weighted by Crippen LogP contribution is -2.37. The van der Waals surface area contributed by atoms with Crippen molar-refractivity contribution in [3.8, 4) is 11.3 Å². The molecule has 3 aliphatic rings. The van der Waals surface area contributed by atoms with Crippen LogP contribution in [-0.2, 0) is 17.7 Å². The molecule has 1 saturated heterocycles. The Balaban J connectivity index is 0.000000286. The predicted molar refractivity (Wildman–Crippen MR) is 140 cm³/mol. The zero-order valence-electron chi connectivity index (χ0n) is 19.9. The molecule has 2 aliphatic heterocycles. The summed E-state index contributed by atoms with van der Waals surface area (Å²) in [4.78, 5) is 28.7. The van der Waals surface area contributed by atoms with E-state index in [0.717, 1.165) is 18.7 Å². The molecular formula is C26H28ClFN6O2. The Bertz CT molecular complexity index is 1380. The number of nitrogens with zero attached hydrogens (tertiary/aromatic N) is 5. The first-order valence-electron chi connectivity index (χ1n) is 12.2. The first-order chi connectivity index (χ1) is 17.5. The summed E-state index contributed by atoms with van der Waals surface area (Å²) in [6.07, 6.45) is 9.14. The van der Waals surface area contributed by atoms with E-state index in [1.807, 2.05) is 0 Å². The van der Waals surface area contributed by atoms with Gasteiger partial charge in [0.05, 0.1) is 24.6 Å². The molecule has 0 unspecified atom stereocenters. The number of halogens is 2. The van der Waals surface area contributed by atoms with Gasteiger partial charge >= 0.3 is 0 Å². The van der Waals surface area contributed by atoms with Crippen LogP contribution in [0.3, 0.4) is 0 Å². The predicted octanol–water partition coefficient (Wildman–Crippen LogP) is 3.73. The van der Waals surface area contributed by atoms with Crippen molar-refractivity contribution in [2.75, 3.05) is 31.2 Å². The van der Waals surface area contributed by atoms with E-state index in [4.69, 9.17) is 32.0 Å². The third-order valence-electron chi connectivity index (χ3n) is 6.35. The highest BCUT2D eigenvalue weighted by Crippen LogP contribution is 2.32. The van der Waals surface area contributed by atoms with Crippen molar-refractivity contribution in [1.29, 1.82) is 0 Å². The third kappa shape index (κ3) is 5.27. The topological polar surface area (TPSA) is 98.6 Å². The van der Waals surface area contributed by atoms with E-state index in [0.29, 0.717) is 71.9 Å². The number of rotatable bonds is 4. The van der Waals surface area contributed by atoms with E-state index in [1.54, 1.807) is 35.1 Å². The first kappa shape index (κ1) is 24.4. The normalized spacial score (nSPS) is 17.6. The molecule has 3 aromatic rings. The summed E-state index contributed by atoms with van der Waals surface area (Å²) in [7, 11) is 0. The minimum absolute atomic E-state index is 0.0926. The van der Waals surface area contributed by atoms with Gasteiger partial charge in [-0.3, -0.25) is 14.4 Å². The number of morpholine rings is 1. The number of nitrogens with two attached hydrogens (primary N) is 1. The minimum Gasteiger partial charge on any atom is -0.405 e. The summed E-state index contributed by atoms with van der Waals surface area (Å²) >= 11 is 5.93. The molecule has 0 spiro atoms. The first-order valence-corrected chi connectivity index (χ1v) is 12.6. The molecule has 0 radical (unpaired) electrons. The van der Waals surface area contributed by atoms with Crippen LogP contribution in [0.1, 0.15) is 25.1 Å². The molecule has 2 N–H and O–H groups in total. The minimum atomic E-state index is -0.483. The number of ether oxygens (including phenoxy) is 1. The summed E-state index contributed by atoms with van der Waals surface area (Å²) in [5.74, 6) is 0.884. The Hall–Kier alpha value is -3.30. The molecule has 188 valence electrons. The van der Waals surface area contributed by atoms with Gasteiger partial charge in [-0.15, -0.1) is 0 Å². The van der Waals surface area contributed by atoms with E-state index >= 15 is 0 Å². The van der Waals surface area contributed by atoms with Gasteiger partial charge in [-0.1, -0.05) is 11.6 Å². The fourth-order valence-corrected chi connectivity index (χ4v) is 4.50. The lowest BCUT2D eigenvalue weighted by atomic mass is 10.1. The van der Waals surface area contributed by atoms with Crippen LogP contribution < -0.4 is 16.2 Å². The zero-order chi connectivity index (χ0) is 25.1. The van der Waals surface area contributed by atoms with Crippen LogP contribution >= 0.6 is 11.6 Å². The highest BCUT2D eigenvalue weighted by molar-refractivity contribution is 6.30. The largest absolute Gasteiger partial charge is 0.405 e. The van der Waals surface area contributed by atoms with Crippen molar-refractivity contribution >= 4 is 34.5 Å². The lowest BCUT2D eigenvalue weighted by Gasteiger charge is -2.28. The van der Waals surface area contributed by atoms with Crippen molar-refractivity contribution in [2.45, 2.75) is 38.3 Å². The zero-order valence-corrected chi connectivity index (χ0v) is 20.6. The molecule has 10 heteroatoms. The number of fused-ring (bicyclic) bond motifs is 2. The van der Waals surface area contributed by atoms with Gasteiger partial charge in [-0.25, -0.2) is 14.4 Å². The van der Waals surface area contributed by atoms with Gasteiger partial charge < -0.3 is 15.4 Å².